The summed E-state index contributed by atoms with van der Waals surface area (Å²) >= 11 is 0. The van der Waals surface area contributed by atoms with Gasteiger partial charge in [0.1, 0.15) is 5.82 Å². The number of nitrogens with two attached hydrogens (primary N) is 1. The summed E-state index contributed by atoms with van der Waals surface area (Å²) in [4.78, 5) is 6.75. The molecule has 0 bridgehead atoms. The highest BCUT2D eigenvalue weighted by atomic mass is 15.2. The summed E-state index contributed by atoms with van der Waals surface area (Å²) in [5.41, 5.74) is 7.77. The van der Waals surface area contributed by atoms with Gasteiger partial charge in [-0.25, -0.2) is 4.98 Å². The summed E-state index contributed by atoms with van der Waals surface area (Å²) < 4.78 is 0. The van der Waals surface area contributed by atoms with Crippen LogP contribution in [0.3, 0.4) is 0 Å². The predicted molar refractivity (Wildman–Crippen MR) is 72.1 cm³/mol. The molecule has 4 heteroatoms. The Balaban J connectivity index is 1.92. The molecule has 1 aliphatic rings. The van der Waals surface area contributed by atoms with Crippen LogP contribution in [0, 0.1) is 6.92 Å². The van der Waals surface area contributed by atoms with Crippen LogP contribution in [0.25, 0.3) is 0 Å². The Morgan fingerprint density at radius 2 is 2.35 bits per heavy atom. The van der Waals surface area contributed by atoms with Gasteiger partial charge in [0.2, 0.25) is 0 Å². The minimum atomic E-state index is 0.603. The fourth-order valence-corrected chi connectivity index (χ4v) is 2.36. The SMILES string of the molecule is Cc1cnc(NCC2CCCCN2C)c(N)c1. The number of likely N-dealkylation sites (N-methyl/N-ethyl adjacent to an activating group) is 1. The first-order valence-corrected chi connectivity index (χ1v) is 6.33. The maximum absolute atomic E-state index is 5.93. The number of nitrogen functional groups attached to an aromatic ring is 1. The van der Waals surface area contributed by atoms with Crippen LogP contribution in [-0.2, 0) is 0 Å². The van der Waals surface area contributed by atoms with Gasteiger partial charge in [-0.2, -0.15) is 0 Å². The summed E-state index contributed by atoms with van der Waals surface area (Å²) in [5, 5.41) is 3.36. The van der Waals surface area contributed by atoms with Crippen LogP contribution >= 0.6 is 0 Å². The van der Waals surface area contributed by atoms with Crippen molar-refractivity contribution in [2.45, 2.75) is 32.2 Å². The van der Waals surface area contributed by atoms with Crippen molar-refractivity contribution in [2.75, 3.05) is 31.2 Å². The smallest absolute Gasteiger partial charge is 0.149 e. The number of nitrogens with one attached hydrogen (secondary N) is 1. The maximum atomic E-state index is 5.93. The first-order chi connectivity index (χ1) is 8.16. The second-order valence-corrected chi connectivity index (χ2v) is 4.96. The molecule has 1 saturated heterocycles. The summed E-state index contributed by atoms with van der Waals surface area (Å²) in [5.74, 6) is 0.814. The Kier molecular flexibility index (Phi) is 3.84. The van der Waals surface area contributed by atoms with Crippen molar-refractivity contribution in [1.82, 2.24) is 9.88 Å². The van der Waals surface area contributed by atoms with Crippen LogP contribution in [0.2, 0.25) is 0 Å². The van der Waals surface area contributed by atoms with E-state index in [1.165, 1.54) is 25.8 Å². The molecule has 0 amide bonds. The molecule has 0 spiro atoms. The molecule has 2 heterocycles. The highest BCUT2D eigenvalue weighted by molar-refractivity contribution is 5.61. The van der Waals surface area contributed by atoms with Gasteiger partial charge in [-0.3, -0.25) is 0 Å². The van der Waals surface area contributed by atoms with Gasteiger partial charge in [-0.1, -0.05) is 6.42 Å². The van der Waals surface area contributed by atoms with E-state index >= 15 is 0 Å². The average molecular weight is 234 g/mol. The van der Waals surface area contributed by atoms with Crippen molar-refractivity contribution < 1.29 is 0 Å². The third-order valence-electron chi connectivity index (χ3n) is 3.48. The van der Waals surface area contributed by atoms with Crippen molar-refractivity contribution in [3.05, 3.63) is 17.8 Å². The minimum absolute atomic E-state index is 0.603. The predicted octanol–water partition coefficient (Wildman–Crippen LogP) is 1.87. The number of rotatable bonds is 3. The molecule has 2 rings (SSSR count). The van der Waals surface area contributed by atoms with Gasteiger partial charge in [-0.15, -0.1) is 0 Å². The van der Waals surface area contributed by atoms with Gasteiger partial charge >= 0.3 is 0 Å². The molecule has 17 heavy (non-hydrogen) atoms. The number of hydrogen-bond acceptors (Lipinski definition) is 4. The Morgan fingerprint density at radius 1 is 1.53 bits per heavy atom. The van der Waals surface area contributed by atoms with Crippen molar-refractivity contribution in [2.24, 2.45) is 0 Å². The highest BCUT2D eigenvalue weighted by Gasteiger charge is 2.18. The fourth-order valence-electron chi connectivity index (χ4n) is 2.36. The summed E-state index contributed by atoms with van der Waals surface area (Å²) in [6.07, 6.45) is 5.75. The van der Waals surface area contributed by atoms with Crippen LogP contribution in [0.15, 0.2) is 12.3 Å². The molecule has 4 nitrogen and oxygen atoms in total. The standard InChI is InChI=1S/C13H22N4/c1-10-7-12(14)13(15-8-10)16-9-11-5-3-4-6-17(11)2/h7-8,11H,3-6,9,14H2,1-2H3,(H,15,16). The molecule has 0 aromatic carbocycles. The van der Waals surface area contributed by atoms with Gasteiger partial charge in [0.05, 0.1) is 5.69 Å². The molecule has 1 aromatic rings. The lowest BCUT2D eigenvalue weighted by molar-refractivity contribution is 0.194. The second kappa shape index (κ2) is 5.36. The Morgan fingerprint density at radius 3 is 3.06 bits per heavy atom. The van der Waals surface area contributed by atoms with Gasteiger partial charge in [-0.05, 0) is 45.0 Å². The number of anilines is 2. The number of likely N-dealkylation sites (tertiary alicyclic amines) is 1. The zero-order chi connectivity index (χ0) is 12.3. The lowest BCUT2D eigenvalue weighted by Crippen LogP contribution is -2.40. The highest BCUT2D eigenvalue weighted by Crippen LogP contribution is 2.18. The van der Waals surface area contributed by atoms with Crippen molar-refractivity contribution in [3.63, 3.8) is 0 Å². The first kappa shape index (κ1) is 12.2. The van der Waals surface area contributed by atoms with Crippen molar-refractivity contribution >= 4 is 11.5 Å². The molecule has 0 radical (unpaired) electrons. The van der Waals surface area contributed by atoms with Crippen LogP contribution < -0.4 is 11.1 Å². The molecule has 94 valence electrons. The van der Waals surface area contributed by atoms with Gasteiger partial charge in [0, 0.05) is 18.8 Å². The van der Waals surface area contributed by atoms with E-state index in [-0.39, 0.29) is 0 Å². The maximum Gasteiger partial charge on any atom is 0.149 e. The van der Waals surface area contributed by atoms with Gasteiger partial charge < -0.3 is 16.0 Å². The van der Waals surface area contributed by atoms with Crippen LogP contribution in [0.4, 0.5) is 11.5 Å². The third-order valence-corrected chi connectivity index (χ3v) is 3.48. The van der Waals surface area contributed by atoms with E-state index in [1.54, 1.807) is 0 Å². The molecule has 1 aliphatic heterocycles. The topological polar surface area (TPSA) is 54.2 Å². The zero-order valence-corrected chi connectivity index (χ0v) is 10.7. The number of nitrogens with zero attached hydrogens (tertiary/aromatic N) is 2. The van der Waals surface area contributed by atoms with Crippen LogP contribution in [0.5, 0.6) is 0 Å². The second-order valence-electron chi connectivity index (χ2n) is 4.96. The molecule has 1 fully saturated rings. The summed E-state index contributed by atoms with van der Waals surface area (Å²) in [6, 6.07) is 2.56. The first-order valence-electron chi connectivity index (χ1n) is 6.33. The monoisotopic (exact) mass is 234 g/mol. The molecular weight excluding hydrogens is 212 g/mol. The molecule has 0 saturated carbocycles. The van der Waals surface area contributed by atoms with E-state index in [1.807, 2.05) is 19.2 Å². The van der Waals surface area contributed by atoms with E-state index in [4.69, 9.17) is 5.73 Å². The fraction of sp³-hybridized carbons (Fsp3) is 0.615. The molecule has 1 atom stereocenters. The largest absolute Gasteiger partial charge is 0.396 e. The van der Waals surface area contributed by atoms with Crippen molar-refractivity contribution in [1.29, 1.82) is 0 Å². The molecule has 1 aromatic heterocycles. The molecule has 3 N–H and O–H groups in total. The van der Waals surface area contributed by atoms with E-state index in [0.29, 0.717) is 6.04 Å². The number of aromatic nitrogens is 1. The zero-order valence-electron chi connectivity index (χ0n) is 10.7. The summed E-state index contributed by atoms with van der Waals surface area (Å²) in [7, 11) is 2.19. The number of pyridine rings is 1. The quantitative estimate of drug-likeness (QED) is 0.838. The third kappa shape index (κ3) is 3.09. The van der Waals surface area contributed by atoms with E-state index in [2.05, 4.69) is 22.2 Å². The lowest BCUT2D eigenvalue weighted by Gasteiger charge is -2.32. The minimum Gasteiger partial charge on any atom is -0.396 e. The molecule has 0 aliphatic carbocycles. The van der Waals surface area contributed by atoms with Gasteiger partial charge in [0.15, 0.2) is 0 Å². The van der Waals surface area contributed by atoms with Crippen molar-refractivity contribution in [3.8, 4) is 0 Å². The van der Waals surface area contributed by atoms with Gasteiger partial charge in [0.25, 0.3) is 0 Å². The number of piperidine rings is 1. The average Bonchev–Trinajstić information content (AvgIpc) is 2.30. The number of aryl methyl sites for hydroxylation is 1. The molecule has 1 unspecified atom stereocenters. The lowest BCUT2D eigenvalue weighted by atomic mass is 10.0. The van der Waals surface area contributed by atoms with Crippen LogP contribution in [0.1, 0.15) is 24.8 Å². The normalized spacial score (nSPS) is 21.4. The van der Waals surface area contributed by atoms with Crippen LogP contribution in [-0.4, -0.2) is 36.1 Å². The van der Waals surface area contributed by atoms with E-state index in [0.717, 1.165) is 23.6 Å². The molecular formula is C13H22N4. The Labute approximate surface area is 103 Å². The summed E-state index contributed by atoms with van der Waals surface area (Å²) in [6.45, 7) is 4.13. The Hall–Kier alpha value is -1.29. The Bertz CT molecular complexity index is 378. The van der Waals surface area contributed by atoms with E-state index < -0.39 is 0 Å². The van der Waals surface area contributed by atoms with E-state index in [9.17, 15) is 0 Å². The number of hydrogen-bond donors (Lipinski definition) is 2.